The number of para-hydroxylation sites is 1. The fourth-order valence-corrected chi connectivity index (χ4v) is 3.81. The molecule has 0 saturated heterocycles. The lowest BCUT2D eigenvalue weighted by Gasteiger charge is -2.19. The number of pyridine rings is 1. The van der Waals surface area contributed by atoms with E-state index in [1.165, 1.54) is 11.3 Å². The molecule has 0 atom stereocenters. The Labute approximate surface area is 177 Å². The highest BCUT2D eigenvalue weighted by Gasteiger charge is 2.16. The Balaban J connectivity index is 1.55. The molecule has 2 heterocycles. The molecule has 0 fully saturated rings. The second-order valence-corrected chi connectivity index (χ2v) is 8.70. The Morgan fingerprint density at radius 2 is 1.83 bits per heavy atom. The Bertz CT molecular complexity index is 1270. The number of ether oxygens (including phenoxy) is 1. The quantitative estimate of drug-likeness (QED) is 0.448. The van der Waals surface area contributed by atoms with E-state index in [4.69, 9.17) is 4.74 Å². The van der Waals surface area contributed by atoms with Crippen LogP contribution < -0.4 is 10.9 Å². The molecule has 7 heteroatoms. The number of hydrogen-bond acceptors (Lipinski definition) is 5. The van der Waals surface area contributed by atoms with E-state index < -0.39 is 11.7 Å². The molecule has 152 valence electrons. The molecule has 0 radical (unpaired) electrons. The van der Waals surface area contributed by atoms with Gasteiger partial charge in [0.05, 0.1) is 11.3 Å². The number of amides is 1. The van der Waals surface area contributed by atoms with Gasteiger partial charge >= 0.3 is 6.09 Å². The number of hydrogen-bond donors (Lipinski definition) is 2. The molecule has 6 nitrogen and oxygen atoms in total. The van der Waals surface area contributed by atoms with Gasteiger partial charge in [0.15, 0.2) is 0 Å². The number of aromatic nitrogens is 2. The molecular formula is C23H21N3O3S. The molecule has 1 amide bonds. The van der Waals surface area contributed by atoms with Crippen molar-refractivity contribution in [2.45, 2.75) is 26.4 Å². The molecular weight excluding hydrogens is 398 g/mol. The van der Waals surface area contributed by atoms with Crippen LogP contribution in [0.3, 0.4) is 0 Å². The molecule has 4 aromatic rings. The number of aromatic amines is 1. The van der Waals surface area contributed by atoms with Crippen molar-refractivity contribution in [3.05, 3.63) is 70.3 Å². The number of carbonyl (C=O) groups excluding carboxylic acids is 1. The summed E-state index contributed by atoms with van der Waals surface area (Å²) in [6, 6.07) is 16.9. The van der Waals surface area contributed by atoms with E-state index in [1.54, 1.807) is 12.1 Å². The second kappa shape index (κ2) is 7.76. The van der Waals surface area contributed by atoms with Crippen LogP contribution in [0.2, 0.25) is 0 Å². The predicted molar refractivity (Wildman–Crippen MR) is 121 cm³/mol. The number of benzene rings is 2. The lowest BCUT2D eigenvalue weighted by molar-refractivity contribution is 0.0636. The number of nitrogens with one attached hydrogen (secondary N) is 2. The van der Waals surface area contributed by atoms with Gasteiger partial charge in [-0.25, -0.2) is 9.78 Å². The smallest absolute Gasteiger partial charge is 0.412 e. The number of H-pyrrole nitrogens is 1. The Hall–Kier alpha value is -3.45. The van der Waals surface area contributed by atoms with Gasteiger partial charge in [-0.05, 0) is 62.6 Å². The molecule has 0 unspecified atom stereocenters. The fourth-order valence-electron chi connectivity index (χ4n) is 2.99. The highest BCUT2D eigenvalue weighted by molar-refractivity contribution is 7.13. The van der Waals surface area contributed by atoms with E-state index in [0.717, 1.165) is 21.5 Å². The number of rotatable bonds is 3. The maximum absolute atomic E-state index is 12.5. The van der Waals surface area contributed by atoms with Crippen molar-refractivity contribution in [3.63, 3.8) is 0 Å². The van der Waals surface area contributed by atoms with Crippen molar-refractivity contribution in [2.75, 3.05) is 5.32 Å². The van der Waals surface area contributed by atoms with Crippen LogP contribution in [0.5, 0.6) is 0 Å². The van der Waals surface area contributed by atoms with Crippen molar-refractivity contribution in [2.24, 2.45) is 0 Å². The highest BCUT2D eigenvalue weighted by Crippen LogP contribution is 2.29. The molecule has 2 aromatic heterocycles. The van der Waals surface area contributed by atoms with Crippen molar-refractivity contribution in [1.82, 2.24) is 9.97 Å². The van der Waals surface area contributed by atoms with Gasteiger partial charge in [-0.15, -0.1) is 11.3 Å². The summed E-state index contributed by atoms with van der Waals surface area (Å²) >= 11 is 1.46. The van der Waals surface area contributed by atoms with Crippen LogP contribution in [0.4, 0.5) is 10.5 Å². The van der Waals surface area contributed by atoms with Gasteiger partial charge in [0, 0.05) is 22.1 Å². The molecule has 2 N–H and O–H groups in total. The molecule has 30 heavy (non-hydrogen) atoms. The second-order valence-electron chi connectivity index (χ2n) is 7.84. The molecule has 0 spiro atoms. The zero-order valence-corrected chi connectivity index (χ0v) is 17.7. The summed E-state index contributed by atoms with van der Waals surface area (Å²) in [6.07, 6.45) is -0.498. The van der Waals surface area contributed by atoms with E-state index in [9.17, 15) is 9.59 Å². The zero-order chi connectivity index (χ0) is 21.3. The van der Waals surface area contributed by atoms with Gasteiger partial charge in [0.25, 0.3) is 5.56 Å². The molecule has 0 aliphatic heterocycles. The third kappa shape index (κ3) is 4.41. The van der Waals surface area contributed by atoms with Gasteiger partial charge in [0.2, 0.25) is 0 Å². The van der Waals surface area contributed by atoms with E-state index in [1.807, 2.05) is 68.6 Å². The molecule has 4 rings (SSSR count). The fraction of sp³-hybridized carbons (Fsp3) is 0.174. The first-order chi connectivity index (χ1) is 14.3. The molecule has 0 aliphatic carbocycles. The Morgan fingerprint density at radius 3 is 2.57 bits per heavy atom. The number of fused-ring (bicyclic) bond motifs is 1. The largest absolute Gasteiger partial charge is 0.444 e. The molecule has 0 aliphatic rings. The lowest BCUT2D eigenvalue weighted by atomic mass is 10.1. The summed E-state index contributed by atoms with van der Waals surface area (Å²) in [6.45, 7) is 5.45. The summed E-state index contributed by atoms with van der Waals surface area (Å²) in [5.41, 5.74) is 2.80. The summed E-state index contributed by atoms with van der Waals surface area (Å²) in [4.78, 5) is 31.9. The van der Waals surface area contributed by atoms with Crippen LogP contribution in [-0.2, 0) is 4.74 Å². The Kier molecular flexibility index (Phi) is 5.13. The van der Waals surface area contributed by atoms with E-state index >= 15 is 0 Å². The number of carbonyl (C=O) groups is 1. The number of anilines is 1. The average Bonchev–Trinajstić information content (AvgIpc) is 3.16. The van der Waals surface area contributed by atoms with Gasteiger partial charge in [-0.1, -0.05) is 18.2 Å². The predicted octanol–water partition coefficient (Wildman–Crippen LogP) is 5.67. The van der Waals surface area contributed by atoms with Gasteiger partial charge < -0.3 is 9.72 Å². The van der Waals surface area contributed by atoms with Crippen LogP contribution in [0.1, 0.15) is 20.8 Å². The van der Waals surface area contributed by atoms with Crippen LogP contribution in [0.15, 0.2) is 64.8 Å². The van der Waals surface area contributed by atoms with Crippen molar-refractivity contribution < 1.29 is 9.53 Å². The van der Waals surface area contributed by atoms with E-state index in [0.29, 0.717) is 16.9 Å². The SMILES string of the molecule is CC(C)(C)OC(=O)Nc1ccc(-c2nc(-c3cc4ccccc4[nH]c3=O)cs2)cc1. The summed E-state index contributed by atoms with van der Waals surface area (Å²) in [5, 5.41) is 6.34. The average molecular weight is 420 g/mol. The highest BCUT2D eigenvalue weighted by atomic mass is 32.1. The summed E-state index contributed by atoms with van der Waals surface area (Å²) in [5.74, 6) is 0. The molecule has 0 saturated carbocycles. The minimum Gasteiger partial charge on any atom is -0.444 e. The zero-order valence-electron chi connectivity index (χ0n) is 16.9. The Morgan fingerprint density at radius 1 is 1.10 bits per heavy atom. The maximum atomic E-state index is 12.5. The number of thiazole rings is 1. The van der Waals surface area contributed by atoms with Crippen LogP contribution in [0, 0.1) is 0 Å². The first-order valence-electron chi connectivity index (χ1n) is 9.47. The first kappa shape index (κ1) is 19.8. The molecule has 2 aromatic carbocycles. The van der Waals surface area contributed by atoms with Crippen molar-refractivity contribution in [3.8, 4) is 21.8 Å². The third-order valence-corrected chi connectivity index (χ3v) is 5.20. The van der Waals surface area contributed by atoms with Gasteiger partial charge in [0.1, 0.15) is 10.6 Å². The van der Waals surface area contributed by atoms with E-state index in [-0.39, 0.29) is 5.56 Å². The van der Waals surface area contributed by atoms with Crippen molar-refractivity contribution >= 4 is 34.0 Å². The monoisotopic (exact) mass is 419 g/mol. The van der Waals surface area contributed by atoms with Gasteiger partial charge in [-0.2, -0.15) is 0 Å². The topological polar surface area (TPSA) is 84.1 Å². The third-order valence-electron chi connectivity index (χ3n) is 4.31. The standard InChI is InChI=1S/C23H21N3O3S/c1-23(2,3)29-22(28)24-16-10-8-14(9-11-16)21-26-19(13-30-21)17-12-15-6-4-5-7-18(15)25-20(17)27/h4-13H,1-3H3,(H,24,28)(H,25,27). The van der Waals surface area contributed by atoms with Crippen LogP contribution in [-0.4, -0.2) is 21.7 Å². The molecule has 0 bridgehead atoms. The normalized spacial score (nSPS) is 11.4. The van der Waals surface area contributed by atoms with Crippen LogP contribution >= 0.6 is 11.3 Å². The van der Waals surface area contributed by atoms with Gasteiger partial charge in [-0.3, -0.25) is 10.1 Å². The minimum atomic E-state index is -0.554. The maximum Gasteiger partial charge on any atom is 0.412 e. The van der Waals surface area contributed by atoms with Crippen LogP contribution in [0.25, 0.3) is 32.7 Å². The summed E-state index contributed by atoms with van der Waals surface area (Å²) < 4.78 is 5.26. The van der Waals surface area contributed by atoms with Crippen molar-refractivity contribution in [1.29, 1.82) is 0 Å². The lowest BCUT2D eigenvalue weighted by Crippen LogP contribution is -2.27. The minimum absolute atomic E-state index is 0.164. The number of nitrogens with zero attached hydrogens (tertiary/aromatic N) is 1. The van der Waals surface area contributed by atoms with E-state index in [2.05, 4.69) is 15.3 Å². The summed E-state index contributed by atoms with van der Waals surface area (Å²) in [7, 11) is 0. The first-order valence-corrected chi connectivity index (χ1v) is 10.3.